The lowest BCUT2D eigenvalue weighted by molar-refractivity contribution is 0.0697. The summed E-state index contributed by atoms with van der Waals surface area (Å²) in [6, 6.07) is 8.87. The lowest BCUT2D eigenvalue weighted by atomic mass is 10.1. The van der Waals surface area contributed by atoms with Crippen molar-refractivity contribution < 1.29 is 23.1 Å². The number of carbonyl (C=O) groups is 1. The van der Waals surface area contributed by atoms with Gasteiger partial charge in [-0.25, -0.2) is 13.2 Å². The topological polar surface area (TPSA) is 92.7 Å². The van der Waals surface area contributed by atoms with Gasteiger partial charge in [0.25, 0.3) is 10.0 Å². The number of nitrogens with one attached hydrogen (secondary N) is 1. The normalized spacial score (nSPS) is 11.1. The predicted molar refractivity (Wildman–Crippen MR) is 86.7 cm³/mol. The Labute approximate surface area is 134 Å². The molecule has 2 aromatic carbocycles. The van der Waals surface area contributed by atoms with E-state index in [2.05, 4.69) is 4.72 Å². The number of methoxy groups -OCH3 is 1. The minimum Gasteiger partial charge on any atom is -0.495 e. The van der Waals surface area contributed by atoms with Crippen molar-refractivity contribution >= 4 is 21.7 Å². The third kappa shape index (κ3) is 3.62. The van der Waals surface area contributed by atoms with Crippen LogP contribution < -0.4 is 9.46 Å². The Morgan fingerprint density at radius 1 is 1.13 bits per heavy atom. The number of benzene rings is 2. The van der Waals surface area contributed by atoms with Crippen LogP contribution in [0.2, 0.25) is 0 Å². The van der Waals surface area contributed by atoms with Crippen LogP contribution in [0.25, 0.3) is 0 Å². The molecule has 6 nitrogen and oxygen atoms in total. The van der Waals surface area contributed by atoms with Crippen molar-refractivity contribution in [2.45, 2.75) is 18.7 Å². The summed E-state index contributed by atoms with van der Waals surface area (Å²) in [7, 11) is -2.45. The minimum atomic E-state index is -3.86. The molecule has 2 rings (SSSR count). The summed E-state index contributed by atoms with van der Waals surface area (Å²) in [5.41, 5.74) is 1.81. The molecule has 0 unspecified atom stereocenters. The highest BCUT2D eigenvalue weighted by molar-refractivity contribution is 7.92. The molecular formula is C16H17NO5S. The van der Waals surface area contributed by atoms with Gasteiger partial charge in [-0.3, -0.25) is 4.72 Å². The molecular weight excluding hydrogens is 318 g/mol. The molecule has 0 radical (unpaired) electrons. The Bertz CT molecular complexity index is 842. The van der Waals surface area contributed by atoms with Crippen molar-refractivity contribution in [1.82, 2.24) is 0 Å². The van der Waals surface area contributed by atoms with Gasteiger partial charge >= 0.3 is 5.97 Å². The molecule has 0 fully saturated rings. The van der Waals surface area contributed by atoms with Gasteiger partial charge in [-0.05, 0) is 55.3 Å². The molecule has 0 aromatic heterocycles. The number of sulfonamides is 1. The van der Waals surface area contributed by atoms with Gasteiger partial charge in [0.1, 0.15) is 10.6 Å². The molecule has 0 aliphatic carbocycles. The SMILES string of the molecule is COc1cc(C)cc(C)c1S(=O)(=O)Nc1ccc(C(=O)O)cc1. The van der Waals surface area contributed by atoms with E-state index < -0.39 is 16.0 Å². The van der Waals surface area contributed by atoms with E-state index in [1.54, 1.807) is 19.1 Å². The molecule has 0 aliphatic rings. The third-order valence-electron chi connectivity index (χ3n) is 3.26. The molecule has 2 N–H and O–H groups in total. The van der Waals surface area contributed by atoms with E-state index in [1.165, 1.54) is 31.4 Å². The number of ether oxygens (including phenoxy) is 1. The van der Waals surface area contributed by atoms with E-state index in [1.807, 2.05) is 6.92 Å². The first-order valence-corrected chi connectivity index (χ1v) is 8.24. The van der Waals surface area contributed by atoms with E-state index in [4.69, 9.17) is 9.84 Å². The quantitative estimate of drug-likeness (QED) is 0.876. The Morgan fingerprint density at radius 2 is 1.74 bits per heavy atom. The van der Waals surface area contributed by atoms with Crippen LogP contribution in [0.1, 0.15) is 21.5 Å². The van der Waals surface area contributed by atoms with Crippen LogP contribution >= 0.6 is 0 Å². The van der Waals surface area contributed by atoms with Crippen LogP contribution in [0, 0.1) is 13.8 Å². The van der Waals surface area contributed by atoms with Crippen LogP contribution in [0.15, 0.2) is 41.3 Å². The number of aromatic carboxylic acids is 1. The van der Waals surface area contributed by atoms with Gasteiger partial charge < -0.3 is 9.84 Å². The van der Waals surface area contributed by atoms with Gasteiger partial charge in [0, 0.05) is 5.69 Å². The number of anilines is 1. The fourth-order valence-electron chi connectivity index (χ4n) is 2.30. The smallest absolute Gasteiger partial charge is 0.335 e. The van der Waals surface area contributed by atoms with Crippen molar-refractivity contribution in [1.29, 1.82) is 0 Å². The Kier molecular flexibility index (Phi) is 4.60. The van der Waals surface area contributed by atoms with Crippen molar-refractivity contribution in [3.63, 3.8) is 0 Å². The van der Waals surface area contributed by atoms with Crippen molar-refractivity contribution in [2.24, 2.45) is 0 Å². The summed E-state index contributed by atoms with van der Waals surface area (Å²) >= 11 is 0. The summed E-state index contributed by atoms with van der Waals surface area (Å²) in [6.07, 6.45) is 0. The first kappa shape index (κ1) is 16.8. The van der Waals surface area contributed by atoms with Gasteiger partial charge in [-0.2, -0.15) is 0 Å². The summed E-state index contributed by atoms with van der Waals surface area (Å²) in [6.45, 7) is 3.54. The number of carboxylic acid groups (broad SMARTS) is 1. The van der Waals surface area contributed by atoms with Crippen molar-refractivity contribution in [3.05, 3.63) is 53.1 Å². The highest BCUT2D eigenvalue weighted by Gasteiger charge is 2.22. The molecule has 0 heterocycles. The maximum Gasteiger partial charge on any atom is 0.335 e. The van der Waals surface area contributed by atoms with Gasteiger partial charge in [-0.1, -0.05) is 6.07 Å². The molecule has 0 amide bonds. The fourth-order valence-corrected chi connectivity index (χ4v) is 3.74. The van der Waals surface area contributed by atoms with Gasteiger partial charge in [0.05, 0.1) is 12.7 Å². The number of aryl methyl sites for hydroxylation is 2. The number of hydrogen-bond donors (Lipinski definition) is 2. The van der Waals surface area contributed by atoms with E-state index in [-0.39, 0.29) is 21.9 Å². The van der Waals surface area contributed by atoms with Gasteiger partial charge in [-0.15, -0.1) is 0 Å². The largest absolute Gasteiger partial charge is 0.495 e. The summed E-state index contributed by atoms with van der Waals surface area (Å²) in [5.74, 6) is -0.812. The predicted octanol–water partition coefficient (Wildman–Crippen LogP) is 2.81. The van der Waals surface area contributed by atoms with Crippen LogP contribution in [-0.2, 0) is 10.0 Å². The van der Waals surface area contributed by atoms with E-state index in [9.17, 15) is 13.2 Å². The molecule has 23 heavy (non-hydrogen) atoms. The number of rotatable bonds is 5. The average molecular weight is 335 g/mol. The lowest BCUT2D eigenvalue weighted by Gasteiger charge is -2.15. The molecule has 0 saturated carbocycles. The van der Waals surface area contributed by atoms with E-state index >= 15 is 0 Å². The average Bonchev–Trinajstić information content (AvgIpc) is 2.45. The minimum absolute atomic E-state index is 0.0629. The maximum atomic E-state index is 12.6. The second kappa shape index (κ2) is 6.29. The molecule has 2 aromatic rings. The monoisotopic (exact) mass is 335 g/mol. The summed E-state index contributed by atoms with van der Waals surface area (Å²) < 4.78 is 32.9. The van der Waals surface area contributed by atoms with E-state index in [0.717, 1.165) is 5.56 Å². The number of hydrogen-bond acceptors (Lipinski definition) is 4. The van der Waals surface area contributed by atoms with Crippen LogP contribution in [0.5, 0.6) is 5.75 Å². The molecule has 0 spiro atoms. The fraction of sp³-hybridized carbons (Fsp3) is 0.188. The van der Waals surface area contributed by atoms with Crippen molar-refractivity contribution in [2.75, 3.05) is 11.8 Å². The molecule has 7 heteroatoms. The Balaban J connectivity index is 2.41. The first-order valence-electron chi connectivity index (χ1n) is 6.76. The van der Waals surface area contributed by atoms with Gasteiger partial charge in [0.2, 0.25) is 0 Å². The Hall–Kier alpha value is -2.54. The molecule has 122 valence electrons. The molecule has 0 saturated heterocycles. The highest BCUT2D eigenvalue weighted by Crippen LogP contribution is 2.30. The first-order chi connectivity index (χ1) is 10.7. The van der Waals surface area contributed by atoms with Gasteiger partial charge in [0.15, 0.2) is 0 Å². The van der Waals surface area contributed by atoms with E-state index in [0.29, 0.717) is 5.56 Å². The highest BCUT2D eigenvalue weighted by atomic mass is 32.2. The van der Waals surface area contributed by atoms with Crippen molar-refractivity contribution in [3.8, 4) is 5.75 Å². The summed E-state index contributed by atoms with van der Waals surface area (Å²) in [5, 5.41) is 8.86. The Morgan fingerprint density at radius 3 is 2.26 bits per heavy atom. The van der Waals surface area contributed by atoms with Crippen LogP contribution in [0.4, 0.5) is 5.69 Å². The zero-order valence-corrected chi connectivity index (χ0v) is 13.8. The summed E-state index contributed by atoms with van der Waals surface area (Å²) in [4.78, 5) is 10.9. The third-order valence-corrected chi connectivity index (χ3v) is 4.82. The lowest BCUT2D eigenvalue weighted by Crippen LogP contribution is -2.15. The van der Waals surface area contributed by atoms with Crippen LogP contribution in [-0.4, -0.2) is 26.6 Å². The molecule has 0 bridgehead atoms. The second-order valence-electron chi connectivity index (χ2n) is 5.10. The maximum absolute atomic E-state index is 12.6. The molecule has 0 aliphatic heterocycles. The second-order valence-corrected chi connectivity index (χ2v) is 6.72. The zero-order valence-electron chi connectivity index (χ0n) is 13.0. The number of carboxylic acids is 1. The zero-order chi connectivity index (χ0) is 17.2. The van der Waals surface area contributed by atoms with Crippen LogP contribution in [0.3, 0.4) is 0 Å². The molecule has 0 atom stereocenters. The standard InChI is InChI=1S/C16H17NO5S/c1-10-8-11(2)15(14(9-10)22-3)23(20,21)17-13-6-4-12(5-7-13)16(18)19/h4-9,17H,1-3H3,(H,18,19).